The molecule has 0 aliphatic carbocycles. The molecule has 2 unspecified atom stereocenters. The van der Waals surface area contributed by atoms with Gasteiger partial charge in [0.15, 0.2) is 11.5 Å². The van der Waals surface area contributed by atoms with Crippen LogP contribution >= 0.6 is 34.8 Å². The van der Waals surface area contributed by atoms with Crippen molar-refractivity contribution in [2.24, 2.45) is 0 Å². The van der Waals surface area contributed by atoms with Crippen LogP contribution in [0.25, 0.3) is 10.8 Å². The van der Waals surface area contributed by atoms with Gasteiger partial charge in [-0.15, -0.1) is 0 Å². The van der Waals surface area contributed by atoms with E-state index in [0.29, 0.717) is 42.9 Å². The Morgan fingerprint density at radius 3 is 1.74 bits per heavy atom. The quantitative estimate of drug-likeness (QED) is 0.0877. The van der Waals surface area contributed by atoms with E-state index >= 15 is 0 Å². The molecule has 0 bridgehead atoms. The molecule has 0 aliphatic rings. The largest absolute Gasteiger partial charge is 0.455 e. The van der Waals surface area contributed by atoms with Gasteiger partial charge in [0.1, 0.15) is 11.5 Å². The van der Waals surface area contributed by atoms with E-state index in [4.69, 9.17) is 58.5 Å². The Hall–Kier alpha value is -4.10. The highest BCUT2D eigenvalue weighted by atomic mass is 35.5. The van der Waals surface area contributed by atoms with Crippen molar-refractivity contribution in [2.75, 3.05) is 0 Å². The van der Waals surface area contributed by atoms with E-state index in [1.165, 1.54) is 0 Å². The molecule has 0 radical (unpaired) electrons. The summed E-state index contributed by atoms with van der Waals surface area (Å²) in [6, 6.07) is 29.4. The smallest absolute Gasteiger partial charge is 0.343 e. The molecule has 42 heavy (non-hydrogen) atoms. The van der Waals surface area contributed by atoms with Gasteiger partial charge in [0.25, 0.3) is 0 Å². The summed E-state index contributed by atoms with van der Waals surface area (Å²) in [5.74, 6) is 0.994. The number of hydrogen-bond donors (Lipinski definition) is 0. The van der Waals surface area contributed by atoms with Crippen LogP contribution in [0.2, 0.25) is 15.1 Å². The lowest BCUT2D eigenvalue weighted by Gasteiger charge is -2.24. The van der Waals surface area contributed by atoms with E-state index in [0.717, 1.165) is 0 Å². The van der Waals surface area contributed by atoms with Crippen molar-refractivity contribution in [1.29, 1.82) is 0 Å². The molecule has 0 aromatic heterocycles. The molecular formula is C33H25Cl3O6. The third-order valence-corrected chi connectivity index (χ3v) is 6.73. The van der Waals surface area contributed by atoms with Crippen molar-refractivity contribution in [1.82, 2.24) is 0 Å². The highest BCUT2D eigenvalue weighted by molar-refractivity contribution is 6.31. The molecule has 0 spiro atoms. The SMILES string of the molecule is CC(Oc1ccc(Cl)cc1)Oc1cc2ccc(Cl)cc2c(OC(=O)c2ccccc2)c1OC(C)Oc1ccc(Cl)cc1. The molecule has 5 rings (SSSR count). The topological polar surface area (TPSA) is 63.2 Å². The van der Waals surface area contributed by atoms with Gasteiger partial charge in [-0.25, -0.2) is 4.79 Å². The molecule has 5 aromatic rings. The summed E-state index contributed by atoms with van der Waals surface area (Å²) in [5, 5.41) is 2.84. The van der Waals surface area contributed by atoms with Crippen molar-refractivity contribution in [3.8, 4) is 28.7 Å². The first-order chi connectivity index (χ1) is 20.2. The second kappa shape index (κ2) is 13.3. The molecule has 0 N–H and O–H groups in total. The molecule has 0 fully saturated rings. The molecule has 0 amide bonds. The highest BCUT2D eigenvalue weighted by Gasteiger charge is 2.25. The molecule has 0 saturated carbocycles. The zero-order chi connectivity index (χ0) is 29.6. The fraction of sp³-hybridized carbons (Fsp3) is 0.121. The van der Waals surface area contributed by atoms with Crippen LogP contribution in [0.1, 0.15) is 24.2 Å². The zero-order valence-corrected chi connectivity index (χ0v) is 24.8. The van der Waals surface area contributed by atoms with Crippen molar-refractivity contribution in [3.63, 3.8) is 0 Å². The van der Waals surface area contributed by atoms with Crippen LogP contribution in [0.15, 0.2) is 103 Å². The van der Waals surface area contributed by atoms with Gasteiger partial charge in [-0.1, -0.05) is 59.1 Å². The predicted octanol–water partition coefficient (Wildman–Crippen LogP) is 9.63. The van der Waals surface area contributed by atoms with E-state index in [9.17, 15) is 4.79 Å². The fourth-order valence-electron chi connectivity index (χ4n) is 4.12. The van der Waals surface area contributed by atoms with Gasteiger partial charge in [0, 0.05) is 34.3 Å². The Morgan fingerprint density at radius 2 is 1.14 bits per heavy atom. The van der Waals surface area contributed by atoms with Gasteiger partial charge in [-0.3, -0.25) is 0 Å². The lowest BCUT2D eigenvalue weighted by atomic mass is 10.1. The number of carbonyl (C=O) groups is 1. The van der Waals surface area contributed by atoms with Gasteiger partial charge in [0.2, 0.25) is 18.3 Å². The lowest BCUT2D eigenvalue weighted by molar-refractivity contribution is -0.000687. The lowest BCUT2D eigenvalue weighted by Crippen LogP contribution is -2.23. The summed E-state index contributed by atoms with van der Waals surface area (Å²) in [6.07, 6.45) is -1.62. The number of halogens is 3. The number of carbonyl (C=O) groups excluding carboxylic acids is 1. The molecule has 9 heteroatoms. The number of benzene rings is 5. The number of ether oxygens (including phenoxy) is 5. The second-order valence-corrected chi connectivity index (χ2v) is 10.5. The summed E-state index contributed by atoms with van der Waals surface area (Å²) in [5.41, 5.74) is 0.356. The van der Waals surface area contributed by atoms with Crippen molar-refractivity contribution in [3.05, 3.63) is 124 Å². The maximum atomic E-state index is 13.3. The molecule has 2 atom stereocenters. The van der Waals surface area contributed by atoms with E-state index in [1.807, 2.05) is 6.07 Å². The second-order valence-electron chi connectivity index (χ2n) is 9.17. The highest BCUT2D eigenvalue weighted by Crippen LogP contribution is 2.46. The van der Waals surface area contributed by atoms with Crippen LogP contribution in [-0.2, 0) is 0 Å². The van der Waals surface area contributed by atoms with Crippen molar-refractivity contribution in [2.45, 2.75) is 26.4 Å². The van der Waals surface area contributed by atoms with E-state index in [-0.39, 0.29) is 17.2 Å². The minimum atomic E-state index is -0.841. The Bertz CT molecular complexity index is 1680. The molecule has 214 valence electrons. The summed E-state index contributed by atoms with van der Waals surface area (Å²) in [7, 11) is 0. The van der Waals surface area contributed by atoms with Gasteiger partial charge < -0.3 is 23.7 Å². The normalized spacial score (nSPS) is 12.3. The van der Waals surface area contributed by atoms with Crippen LogP contribution in [-0.4, -0.2) is 18.5 Å². The maximum absolute atomic E-state index is 13.3. The van der Waals surface area contributed by atoms with Gasteiger partial charge in [-0.2, -0.15) is 0 Å². The zero-order valence-electron chi connectivity index (χ0n) is 22.6. The van der Waals surface area contributed by atoms with Crippen molar-refractivity contribution < 1.29 is 28.5 Å². The summed E-state index contributed by atoms with van der Waals surface area (Å²) in [4.78, 5) is 13.3. The molecule has 0 heterocycles. The number of rotatable bonds is 10. The summed E-state index contributed by atoms with van der Waals surface area (Å²) < 4.78 is 30.4. The average molecular weight is 624 g/mol. The number of hydrogen-bond acceptors (Lipinski definition) is 6. The van der Waals surface area contributed by atoms with Crippen LogP contribution in [0, 0.1) is 0 Å². The monoisotopic (exact) mass is 622 g/mol. The third-order valence-electron chi connectivity index (χ3n) is 5.99. The molecular weight excluding hydrogens is 599 g/mol. The average Bonchev–Trinajstić information content (AvgIpc) is 2.98. The molecule has 6 nitrogen and oxygen atoms in total. The van der Waals surface area contributed by atoms with Gasteiger partial charge in [-0.05, 0) is 84.2 Å². The first-order valence-corrected chi connectivity index (χ1v) is 14.1. The maximum Gasteiger partial charge on any atom is 0.343 e. The minimum Gasteiger partial charge on any atom is -0.455 e. The van der Waals surface area contributed by atoms with Crippen LogP contribution in [0.3, 0.4) is 0 Å². The first kappa shape index (κ1) is 29.4. The van der Waals surface area contributed by atoms with E-state index in [1.54, 1.807) is 111 Å². The van der Waals surface area contributed by atoms with Crippen LogP contribution < -0.4 is 23.7 Å². The fourth-order valence-corrected chi connectivity index (χ4v) is 4.54. The summed E-state index contributed by atoms with van der Waals surface area (Å²) in [6.45, 7) is 3.44. The minimum absolute atomic E-state index is 0.115. The van der Waals surface area contributed by atoms with E-state index < -0.39 is 18.5 Å². The predicted molar refractivity (Wildman–Crippen MR) is 165 cm³/mol. The molecule has 0 aliphatic heterocycles. The number of fused-ring (bicyclic) bond motifs is 1. The Morgan fingerprint density at radius 1 is 0.595 bits per heavy atom. The molecule has 0 saturated heterocycles. The standard InChI is InChI=1S/C33H25Cl3O6/c1-20(38-27-14-10-24(34)11-15-27)40-30-18-23-8-9-26(36)19-29(23)31(42-33(37)22-6-4-3-5-7-22)32(30)41-21(2)39-28-16-12-25(35)13-17-28/h3-21H,1-2H3. The van der Waals surface area contributed by atoms with Gasteiger partial charge in [0.05, 0.1) is 5.56 Å². The van der Waals surface area contributed by atoms with Crippen LogP contribution in [0.5, 0.6) is 28.7 Å². The Labute approximate surface area is 258 Å². The third kappa shape index (κ3) is 7.39. The molecule has 5 aromatic carbocycles. The Balaban J connectivity index is 1.55. The number of esters is 1. The first-order valence-electron chi connectivity index (χ1n) is 13.0. The van der Waals surface area contributed by atoms with E-state index in [2.05, 4.69) is 0 Å². The van der Waals surface area contributed by atoms with Crippen LogP contribution in [0.4, 0.5) is 0 Å². The van der Waals surface area contributed by atoms with Gasteiger partial charge >= 0.3 is 5.97 Å². The summed E-state index contributed by atoms with van der Waals surface area (Å²) >= 11 is 18.4. The Kier molecular flexibility index (Phi) is 9.28. The van der Waals surface area contributed by atoms with Crippen molar-refractivity contribution >= 4 is 51.5 Å².